The quantitative estimate of drug-likeness (QED) is 0.511. The maximum Gasteiger partial charge on any atom is 0.330 e. The molecule has 0 amide bonds. The molecule has 0 saturated carbocycles. The fourth-order valence-corrected chi connectivity index (χ4v) is 1.32. The van der Waals surface area contributed by atoms with Crippen molar-refractivity contribution in [3.05, 3.63) is 35.9 Å². The van der Waals surface area contributed by atoms with Crippen LogP contribution in [-0.2, 0) is 9.53 Å². The van der Waals surface area contributed by atoms with Gasteiger partial charge in [0.05, 0.1) is 19.8 Å². The minimum Gasteiger partial charge on any atom is -0.466 e. The second-order valence-electron chi connectivity index (χ2n) is 3.66. The minimum atomic E-state index is -0.817. The van der Waals surface area contributed by atoms with Gasteiger partial charge in [-0.25, -0.2) is 4.79 Å². The largest absolute Gasteiger partial charge is 0.466 e. The van der Waals surface area contributed by atoms with Gasteiger partial charge < -0.3 is 20.3 Å². The molecule has 0 bridgehead atoms. The molecule has 1 aromatic rings. The van der Waals surface area contributed by atoms with Gasteiger partial charge in [0.1, 0.15) is 0 Å². The van der Waals surface area contributed by atoms with Crippen molar-refractivity contribution in [2.75, 3.05) is 25.6 Å². The van der Waals surface area contributed by atoms with Crippen LogP contribution in [-0.4, -0.2) is 42.5 Å². The van der Waals surface area contributed by atoms with Crippen molar-refractivity contribution in [3.8, 4) is 0 Å². The number of benzene rings is 1. The average molecular weight is 251 g/mol. The van der Waals surface area contributed by atoms with Gasteiger partial charge in [-0.2, -0.15) is 0 Å². The van der Waals surface area contributed by atoms with E-state index in [0.717, 1.165) is 11.3 Å². The summed E-state index contributed by atoms with van der Waals surface area (Å²) in [5.41, 5.74) is 1.57. The van der Waals surface area contributed by atoms with E-state index in [9.17, 15) is 9.90 Å². The third-order valence-electron chi connectivity index (χ3n) is 2.30. The molecule has 1 unspecified atom stereocenters. The van der Waals surface area contributed by atoms with Crippen molar-refractivity contribution in [3.63, 3.8) is 0 Å². The number of carbonyl (C=O) groups excluding carboxylic acids is 1. The Labute approximate surface area is 106 Å². The number of methoxy groups -OCH3 is 1. The highest BCUT2D eigenvalue weighted by Crippen LogP contribution is 2.16. The van der Waals surface area contributed by atoms with Gasteiger partial charge in [-0.05, 0) is 17.7 Å². The summed E-state index contributed by atoms with van der Waals surface area (Å²) in [7, 11) is 1.31. The second-order valence-corrected chi connectivity index (χ2v) is 3.66. The van der Waals surface area contributed by atoms with Crippen molar-refractivity contribution in [2.24, 2.45) is 0 Å². The van der Waals surface area contributed by atoms with Gasteiger partial charge >= 0.3 is 5.97 Å². The third kappa shape index (κ3) is 4.57. The molecule has 0 aliphatic carbocycles. The Kier molecular flexibility index (Phi) is 5.90. The highest BCUT2D eigenvalue weighted by Gasteiger charge is 2.03. The van der Waals surface area contributed by atoms with Crippen LogP contribution in [0.3, 0.4) is 0 Å². The first-order chi connectivity index (χ1) is 8.67. The third-order valence-corrected chi connectivity index (χ3v) is 2.30. The summed E-state index contributed by atoms with van der Waals surface area (Å²) >= 11 is 0. The SMILES string of the molecule is COC(=O)C=Cc1ccccc1NCC(O)CO. The van der Waals surface area contributed by atoms with Crippen molar-refractivity contribution in [2.45, 2.75) is 6.10 Å². The first-order valence-corrected chi connectivity index (χ1v) is 5.55. The van der Waals surface area contributed by atoms with Crippen LogP contribution >= 0.6 is 0 Å². The smallest absolute Gasteiger partial charge is 0.330 e. The molecule has 0 radical (unpaired) electrons. The summed E-state index contributed by atoms with van der Waals surface area (Å²) in [6.45, 7) is -0.0628. The van der Waals surface area contributed by atoms with Crippen molar-refractivity contribution < 1.29 is 19.7 Å². The number of carbonyl (C=O) groups is 1. The molecule has 0 saturated heterocycles. The summed E-state index contributed by atoms with van der Waals surface area (Å²) < 4.78 is 4.51. The fraction of sp³-hybridized carbons (Fsp3) is 0.308. The van der Waals surface area contributed by atoms with E-state index in [4.69, 9.17) is 5.11 Å². The number of esters is 1. The highest BCUT2D eigenvalue weighted by atomic mass is 16.5. The van der Waals surface area contributed by atoms with E-state index in [-0.39, 0.29) is 13.2 Å². The number of ether oxygens (including phenoxy) is 1. The predicted molar refractivity (Wildman–Crippen MR) is 69.1 cm³/mol. The lowest BCUT2D eigenvalue weighted by atomic mass is 10.1. The number of anilines is 1. The Balaban J connectivity index is 2.73. The monoisotopic (exact) mass is 251 g/mol. The molecule has 3 N–H and O–H groups in total. The molecular weight excluding hydrogens is 234 g/mol. The zero-order valence-electron chi connectivity index (χ0n) is 10.2. The van der Waals surface area contributed by atoms with Gasteiger partial charge in [-0.3, -0.25) is 0 Å². The summed E-state index contributed by atoms with van der Waals surface area (Å²) in [6.07, 6.45) is 2.13. The molecule has 1 rings (SSSR count). The van der Waals surface area contributed by atoms with E-state index in [1.54, 1.807) is 6.08 Å². The van der Waals surface area contributed by atoms with Gasteiger partial charge in [0.25, 0.3) is 0 Å². The van der Waals surface area contributed by atoms with Crippen LogP contribution in [0.2, 0.25) is 0 Å². The molecule has 1 aromatic carbocycles. The van der Waals surface area contributed by atoms with Crippen LogP contribution in [0, 0.1) is 0 Å². The van der Waals surface area contributed by atoms with Crippen molar-refractivity contribution in [1.29, 1.82) is 0 Å². The number of rotatable bonds is 6. The standard InChI is InChI=1S/C13H17NO4/c1-18-13(17)7-6-10-4-2-3-5-12(10)14-8-11(16)9-15/h2-7,11,14-16H,8-9H2,1H3. The van der Waals surface area contributed by atoms with Gasteiger partial charge in [0.15, 0.2) is 0 Å². The van der Waals surface area contributed by atoms with Crippen LogP contribution < -0.4 is 5.32 Å². The molecular formula is C13H17NO4. The number of hydrogen-bond donors (Lipinski definition) is 3. The van der Waals surface area contributed by atoms with Gasteiger partial charge in [-0.15, -0.1) is 0 Å². The molecule has 98 valence electrons. The van der Waals surface area contributed by atoms with E-state index >= 15 is 0 Å². The maximum atomic E-state index is 11.0. The van der Waals surface area contributed by atoms with Gasteiger partial charge in [-0.1, -0.05) is 18.2 Å². The van der Waals surface area contributed by atoms with Crippen LogP contribution in [0.1, 0.15) is 5.56 Å². The molecule has 1 atom stereocenters. The number of aliphatic hydroxyl groups is 2. The number of nitrogens with one attached hydrogen (secondary N) is 1. The Morgan fingerprint density at radius 3 is 2.89 bits per heavy atom. The van der Waals surface area contributed by atoms with Crippen LogP contribution in [0.4, 0.5) is 5.69 Å². The number of hydrogen-bond acceptors (Lipinski definition) is 5. The van der Waals surface area contributed by atoms with Crippen LogP contribution in [0.5, 0.6) is 0 Å². The molecule has 18 heavy (non-hydrogen) atoms. The van der Waals surface area contributed by atoms with Crippen LogP contribution in [0.25, 0.3) is 6.08 Å². The summed E-state index contributed by atoms with van der Waals surface area (Å²) in [4.78, 5) is 11.0. The Hall–Kier alpha value is -1.85. The predicted octanol–water partition coefficient (Wildman–Crippen LogP) is 0.638. The normalized spacial score (nSPS) is 12.4. The van der Waals surface area contributed by atoms with Crippen molar-refractivity contribution >= 4 is 17.7 Å². The van der Waals surface area contributed by atoms with Gasteiger partial charge in [0.2, 0.25) is 0 Å². The Bertz CT molecular complexity index is 417. The maximum absolute atomic E-state index is 11.0. The van der Waals surface area contributed by atoms with E-state index < -0.39 is 12.1 Å². The fourth-order valence-electron chi connectivity index (χ4n) is 1.32. The van der Waals surface area contributed by atoms with Gasteiger partial charge in [0, 0.05) is 18.3 Å². The molecule has 0 aliphatic rings. The first-order valence-electron chi connectivity index (χ1n) is 5.55. The zero-order valence-corrected chi connectivity index (χ0v) is 10.2. The number of aliphatic hydroxyl groups excluding tert-OH is 2. The molecule has 0 aliphatic heterocycles. The van der Waals surface area contributed by atoms with Crippen LogP contribution in [0.15, 0.2) is 30.3 Å². The van der Waals surface area contributed by atoms with E-state index in [1.807, 2.05) is 24.3 Å². The minimum absolute atomic E-state index is 0.236. The number of para-hydroxylation sites is 1. The molecule has 0 heterocycles. The lowest BCUT2D eigenvalue weighted by molar-refractivity contribution is -0.134. The Morgan fingerprint density at radius 1 is 1.50 bits per heavy atom. The Morgan fingerprint density at radius 2 is 2.22 bits per heavy atom. The van der Waals surface area contributed by atoms with E-state index in [0.29, 0.717) is 0 Å². The molecule has 5 nitrogen and oxygen atoms in total. The molecule has 0 fully saturated rings. The zero-order chi connectivity index (χ0) is 13.4. The van der Waals surface area contributed by atoms with E-state index in [1.165, 1.54) is 13.2 Å². The lowest BCUT2D eigenvalue weighted by Gasteiger charge is -2.12. The lowest BCUT2D eigenvalue weighted by Crippen LogP contribution is -2.23. The molecule has 0 spiro atoms. The van der Waals surface area contributed by atoms with Crippen molar-refractivity contribution in [1.82, 2.24) is 0 Å². The second kappa shape index (κ2) is 7.47. The first kappa shape index (κ1) is 14.2. The summed E-state index contributed by atoms with van der Waals surface area (Å²) in [5.74, 6) is -0.430. The average Bonchev–Trinajstić information content (AvgIpc) is 2.42. The van der Waals surface area contributed by atoms with E-state index in [2.05, 4.69) is 10.1 Å². The topological polar surface area (TPSA) is 78.8 Å². The summed E-state index contributed by atoms with van der Waals surface area (Å²) in [5, 5.41) is 21.0. The molecule has 0 aromatic heterocycles. The summed E-state index contributed by atoms with van der Waals surface area (Å²) in [6, 6.07) is 7.32. The highest BCUT2D eigenvalue weighted by molar-refractivity contribution is 5.88. The molecule has 5 heteroatoms.